The van der Waals surface area contributed by atoms with E-state index in [1.807, 2.05) is 18.7 Å². The Kier molecular flexibility index (Phi) is 4.22. The number of nitrogens with one attached hydrogen (secondary N) is 1. The molecule has 0 radical (unpaired) electrons. The van der Waals surface area contributed by atoms with Crippen molar-refractivity contribution in [2.75, 3.05) is 5.75 Å². The van der Waals surface area contributed by atoms with Crippen LogP contribution in [0.25, 0.3) is 0 Å². The van der Waals surface area contributed by atoms with E-state index in [1.165, 1.54) is 0 Å². The van der Waals surface area contributed by atoms with Crippen molar-refractivity contribution in [1.82, 2.24) is 15.3 Å². The van der Waals surface area contributed by atoms with E-state index in [1.54, 1.807) is 12.4 Å². The van der Waals surface area contributed by atoms with E-state index >= 15 is 0 Å². The number of hydrogen-bond donors (Lipinski definition) is 1. The number of aryl methyl sites for hydroxylation is 1. The third-order valence-corrected chi connectivity index (χ3v) is 4.63. The number of thioether (sulfide) groups is 1. The molecule has 5 heteroatoms. The molecule has 98 valence electrons. The van der Waals surface area contributed by atoms with Gasteiger partial charge >= 0.3 is 0 Å². The van der Waals surface area contributed by atoms with Crippen molar-refractivity contribution in [1.29, 1.82) is 0 Å². The summed E-state index contributed by atoms with van der Waals surface area (Å²) in [6.45, 7) is 7.00. The molecule has 0 aliphatic carbocycles. The molecule has 0 amide bonds. The van der Waals surface area contributed by atoms with E-state index in [0.29, 0.717) is 6.54 Å². The lowest BCUT2D eigenvalue weighted by Gasteiger charge is -2.25. The molecular formula is C13H20N4S. The molecule has 4 nitrogen and oxygen atoms in total. The van der Waals surface area contributed by atoms with Gasteiger partial charge in [0.2, 0.25) is 0 Å². The first-order valence-electron chi connectivity index (χ1n) is 6.40. The van der Waals surface area contributed by atoms with Crippen molar-refractivity contribution < 1.29 is 0 Å². The van der Waals surface area contributed by atoms with Crippen LogP contribution in [0.2, 0.25) is 0 Å². The second-order valence-electron chi connectivity index (χ2n) is 4.67. The Balaban J connectivity index is 1.97. The van der Waals surface area contributed by atoms with Crippen LogP contribution in [0.1, 0.15) is 38.1 Å². The summed E-state index contributed by atoms with van der Waals surface area (Å²) in [5.74, 6) is 1.11. The molecule has 2 rings (SSSR count). The molecule has 1 aliphatic rings. The standard InChI is InChI=1S/C13H20N4S/c1-4-13(5-2)9-18-12(17-13)16-8-11-7-14-10(3)6-15-11/h6-7H,4-5,8-9H2,1-3H3,(H,16,17). The maximum atomic E-state index is 4.58. The highest BCUT2D eigenvalue weighted by molar-refractivity contribution is 8.14. The second kappa shape index (κ2) is 5.69. The molecule has 0 aromatic carbocycles. The van der Waals surface area contributed by atoms with Gasteiger partial charge in [-0.3, -0.25) is 15.0 Å². The van der Waals surface area contributed by atoms with Crippen LogP contribution in [0.4, 0.5) is 0 Å². The summed E-state index contributed by atoms with van der Waals surface area (Å²) >= 11 is 1.81. The summed E-state index contributed by atoms with van der Waals surface area (Å²) in [5, 5.41) is 4.59. The Morgan fingerprint density at radius 2 is 2.11 bits per heavy atom. The molecule has 0 spiro atoms. The Morgan fingerprint density at radius 1 is 1.33 bits per heavy atom. The lowest BCUT2D eigenvalue weighted by atomic mass is 9.96. The van der Waals surface area contributed by atoms with Crippen molar-refractivity contribution in [3.8, 4) is 0 Å². The largest absolute Gasteiger partial charge is 0.359 e. The smallest absolute Gasteiger partial charge is 0.157 e. The lowest BCUT2D eigenvalue weighted by molar-refractivity contribution is 0.407. The highest BCUT2D eigenvalue weighted by atomic mass is 32.2. The first kappa shape index (κ1) is 13.3. The second-order valence-corrected chi connectivity index (χ2v) is 5.64. The van der Waals surface area contributed by atoms with Crippen molar-refractivity contribution in [3.05, 3.63) is 23.8 Å². The van der Waals surface area contributed by atoms with Gasteiger partial charge in [0.05, 0.1) is 24.1 Å². The predicted molar refractivity (Wildman–Crippen MR) is 76.8 cm³/mol. The molecule has 1 saturated heterocycles. The minimum Gasteiger partial charge on any atom is -0.359 e. The van der Waals surface area contributed by atoms with Gasteiger partial charge in [-0.2, -0.15) is 0 Å². The topological polar surface area (TPSA) is 50.2 Å². The summed E-state index contributed by atoms with van der Waals surface area (Å²) in [4.78, 5) is 13.1. The van der Waals surface area contributed by atoms with Gasteiger partial charge in [0, 0.05) is 17.5 Å². The summed E-state index contributed by atoms with van der Waals surface area (Å²) < 4.78 is 0. The zero-order chi connectivity index (χ0) is 13.0. The molecule has 1 aliphatic heterocycles. The van der Waals surface area contributed by atoms with E-state index in [2.05, 4.69) is 34.1 Å². The first-order valence-corrected chi connectivity index (χ1v) is 7.39. The lowest BCUT2D eigenvalue weighted by Crippen LogP contribution is -2.42. The van der Waals surface area contributed by atoms with E-state index < -0.39 is 0 Å². The van der Waals surface area contributed by atoms with Gasteiger partial charge in [0.1, 0.15) is 0 Å². The number of aliphatic imine (C=N–C) groups is 1. The van der Waals surface area contributed by atoms with Crippen molar-refractivity contribution in [3.63, 3.8) is 0 Å². The van der Waals surface area contributed by atoms with Gasteiger partial charge in [-0.15, -0.1) is 0 Å². The first-order chi connectivity index (χ1) is 8.67. The third kappa shape index (κ3) is 3.02. The van der Waals surface area contributed by atoms with Crippen LogP contribution >= 0.6 is 11.8 Å². The summed E-state index contributed by atoms with van der Waals surface area (Å²) in [6.07, 6.45) is 5.86. The van der Waals surface area contributed by atoms with Gasteiger partial charge in [-0.05, 0) is 19.8 Å². The molecule has 1 aromatic rings. The molecule has 0 atom stereocenters. The fourth-order valence-electron chi connectivity index (χ4n) is 1.88. The number of rotatable bonds is 4. The molecule has 18 heavy (non-hydrogen) atoms. The highest BCUT2D eigenvalue weighted by Crippen LogP contribution is 2.28. The van der Waals surface area contributed by atoms with Crippen LogP contribution in [0, 0.1) is 6.92 Å². The van der Waals surface area contributed by atoms with Gasteiger partial charge in [0.15, 0.2) is 5.17 Å². The summed E-state index contributed by atoms with van der Waals surface area (Å²) in [5.41, 5.74) is 2.10. The summed E-state index contributed by atoms with van der Waals surface area (Å²) in [6, 6.07) is 0. The SMILES string of the molecule is CCC1(CC)CSC(=NCc2cnc(C)cn2)N1. The van der Waals surface area contributed by atoms with Crippen LogP contribution in [-0.4, -0.2) is 26.4 Å². The number of amidine groups is 1. The Morgan fingerprint density at radius 3 is 2.67 bits per heavy atom. The van der Waals surface area contributed by atoms with Gasteiger partial charge < -0.3 is 5.32 Å². The zero-order valence-corrected chi connectivity index (χ0v) is 12.0. The van der Waals surface area contributed by atoms with E-state index in [4.69, 9.17) is 0 Å². The fraction of sp³-hybridized carbons (Fsp3) is 0.615. The van der Waals surface area contributed by atoms with Crippen molar-refractivity contribution in [2.45, 2.75) is 45.7 Å². The molecule has 0 saturated carbocycles. The highest BCUT2D eigenvalue weighted by Gasteiger charge is 2.33. The van der Waals surface area contributed by atoms with E-state index in [-0.39, 0.29) is 5.54 Å². The molecule has 1 N–H and O–H groups in total. The van der Waals surface area contributed by atoms with Crippen molar-refractivity contribution >= 4 is 16.9 Å². The van der Waals surface area contributed by atoms with Crippen LogP contribution in [0.15, 0.2) is 17.4 Å². The maximum absolute atomic E-state index is 4.58. The predicted octanol–water partition coefficient (Wildman–Crippen LogP) is 2.54. The quantitative estimate of drug-likeness (QED) is 0.908. The van der Waals surface area contributed by atoms with Crippen LogP contribution < -0.4 is 5.32 Å². The fourth-order valence-corrected chi connectivity index (χ4v) is 3.21. The number of aromatic nitrogens is 2. The van der Waals surface area contributed by atoms with Crippen LogP contribution in [-0.2, 0) is 6.54 Å². The normalized spacial score (nSPS) is 20.1. The van der Waals surface area contributed by atoms with Gasteiger partial charge in [0.25, 0.3) is 0 Å². The van der Waals surface area contributed by atoms with Crippen LogP contribution in [0.5, 0.6) is 0 Å². The average molecular weight is 264 g/mol. The Labute approximate surface area is 113 Å². The third-order valence-electron chi connectivity index (χ3n) is 3.43. The average Bonchev–Trinajstić information content (AvgIpc) is 2.82. The number of nitrogens with zero attached hydrogens (tertiary/aromatic N) is 3. The zero-order valence-electron chi connectivity index (χ0n) is 11.2. The minimum absolute atomic E-state index is 0.239. The van der Waals surface area contributed by atoms with Crippen LogP contribution in [0.3, 0.4) is 0 Å². The molecule has 0 unspecified atom stereocenters. The summed E-state index contributed by atoms with van der Waals surface area (Å²) in [7, 11) is 0. The van der Waals surface area contributed by atoms with Crippen molar-refractivity contribution in [2.24, 2.45) is 4.99 Å². The Hall–Kier alpha value is -1.10. The number of hydrogen-bond acceptors (Lipinski definition) is 4. The van der Waals surface area contributed by atoms with Gasteiger partial charge in [-0.25, -0.2) is 0 Å². The van der Waals surface area contributed by atoms with Gasteiger partial charge in [-0.1, -0.05) is 25.6 Å². The molecule has 1 fully saturated rings. The molecule has 2 heterocycles. The minimum atomic E-state index is 0.239. The molecular weight excluding hydrogens is 244 g/mol. The maximum Gasteiger partial charge on any atom is 0.157 e. The molecule has 1 aromatic heterocycles. The van der Waals surface area contributed by atoms with E-state index in [9.17, 15) is 0 Å². The van der Waals surface area contributed by atoms with E-state index in [0.717, 1.165) is 35.2 Å². The molecule has 0 bridgehead atoms. The monoisotopic (exact) mass is 264 g/mol. The Bertz CT molecular complexity index is 423.